The van der Waals surface area contributed by atoms with Crippen LogP contribution in [0.4, 0.5) is 0 Å². The minimum absolute atomic E-state index is 0.0525. The number of carbonyl (C=O) groups excluding carboxylic acids is 1. The van der Waals surface area contributed by atoms with Crippen LogP contribution in [0.2, 0.25) is 0 Å². The SMILES string of the molecule is CN(C(=O)CC1CCNC1)C(C)(C)C. The second kappa shape index (κ2) is 4.30. The topological polar surface area (TPSA) is 32.3 Å². The molecule has 1 rings (SSSR count). The molecule has 1 unspecified atom stereocenters. The van der Waals surface area contributed by atoms with Gasteiger partial charge in [0.1, 0.15) is 0 Å². The Morgan fingerprint density at radius 1 is 1.50 bits per heavy atom. The van der Waals surface area contributed by atoms with E-state index in [0.717, 1.165) is 19.5 Å². The summed E-state index contributed by atoms with van der Waals surface area (Å²) in [6, 6.07) is 0. The van der Waals surface area contributed by atoms with Crippen molar-refractivity contribution in [1.29, 1.82) is 0 Å². The maximum absolute atomic E-state index is 11.8. The highest BCUT2D eigenvalue weighted by Crippen LogP contribution is 2.17. The van der Waals surface area contributed by atoms with E-state index in [1.807, 2.05) is 11.9 Å². The van der Waals surface area contributed by atoms with Crippen molar-refractivity contribution < 1.29 is 4.79 Å². The van der Waals surface area contributed by atoms with E-state index < -0.39 is 0 Å². The van der Waals surface area contributed by atoms with Gasteiger partial charge in [0.25, 0.3) is 0 Å². The summed E-state index contributed by atoms with van der Waals surface area (Å²) < 4.78 is 0. The fourth-order valence-electron chi connectivity index (χ4n) is 1.65. The Kier molecular flexibility index (Phi) is 3.53. The predicted octanol–water partition coefficient (Wildman–Crippen LogP) is 1.24. The minimum atomic E-state index is -0.0525. The fourth-order valence-corrected chi connectivity index (χ4v) is 1.65. The van der Waals surface area contributed by atoms with Crippen molar-refractivity contribution in [2.75, 3.05) is 20.1 Å². The summed E-state index contributed by atoms with van der Waals surface area (Å²) in [4.78, 5) is 13.7. The van der Waals surface area contributed by atoms with Crippen molar-refractivity contribution in [3.05, 3.63) is 0 Å². The number of hydrogen-bond acceptors (Lipinski definition) is 2. The van der Waals surface area contributed by atoms with Crippen LogP contribution in [0.3, 0.4) is 0 Å². The Balaban J connectivity index is 2.41. The van der Waals surface area contributed by atoms with E-state index >= 15 is 0 Å². The lowest BCUT2D eigenvalue weighted by atomic mass is 10.0. The molecule has 1 fully saturated rings. The monoisotopic (exact) mass is 198 g/mol. The zero-order valence-corrected chi connectivity index (χ0v) is 9.76. The lowest BCUT2D eigenvalue weighted by Crippen LogP contribution is -2.43. The maximum Gasteiger partial charge on any atom is 0.223 e. The van der Waals surface area contributed by atoms with Gasteiger partial charge in [-0.3, -0.25) is 4.79 Å². The largest absolute Gasteiger partial charge is 0.341 e. The molecule has 0 aromatic heterocycles. The van der Waals surface area contributed by atoms with E-state index in [2.05, 4.69) is 26.1 Å². The molecule has 14 heavy (non-hydrogen) atoms. The number of amides is 1. The van der Waals surface area contributed by atoms with Crippen molar-refractivity contribution in [2.45, 2.75) is 39.2 Å². The highest BCUT2D eigenvalue weighted by atomic mass is 16.2. The molecular formula is C11H22N2O. The van der Waals surface area contributed by atoms with Crippen molar-refractivity contribution in [3.8, 4) is 0 Å². The van der Waals surface area contributed by atoms with Crippen LogP contribution in [-0.2, 0) is 4.79 Å². The molecule has 1 heterocycles. The molecule has 1 atom stereocenters. The highest BCUT2D eigenvalue weighted by Gasteiger charge is 2.25. The van der Waals surface area contributed by atoms with E-state index in [0.29, 0.717) is 12.3 Å². The van der Waals surface area contributed by atoms with Gasteiger partial charge in [0.2, 0.25) is 5.91 Å². The van der Waals surface area contributed by atoms with Gasteiger partial charge in [-0.15, -0.1) is 0 Å². The van der Waals surface area contributed by atoms with Crippen LogP contribution < -0.4 is 5.32 Å². The molecule has 1 amide bonds. The highest BCUT2D eigenvalue weighted by molar-refractivity contribution is 5.76. The molecule has 0 aliphatic carbocycles. The number of rotatable bonds is 2. The maximum atomic E-state index is 11.8. The first-order chi connectivity index (χ1) is 6.41. The average Bonchev–Trinajstić information content (AvgIpc) is 2.53. The number of hydrogen-bond donors (Lipinski definition) is 1. The lowest BCUT2D eigenvalue weighted by Gasteiger charge is -2.32. The van der Waals surface area contributed by atoms with Gasteiger partial charge in [-0.1, -0.05) is 0 Å². The van der Waals surface area contributed by atoms with E-state index in [4.69, 9.17) is 0 Å². The molecule has 1 aliphatic heterocycles. The Hall–Kier alpha value is -0.570. The van der Waals surface area contributed by atoms with Crippen LogP contribution in [-0.4, -0.2) is 36.5 Å². The molecule has 1 aliphatic rings. The van der Waals surface area contributed by atoms with Crippen molar-refractivity contribution >= 4 is 5.91 Å². The lowest BCUT2D eigenvalue weighted by molar-refractivity contribution is -0.134. The van der Waals surface area contributed by atoms with Crippen LogP contribution >= 0.6 is 0 Å². The molecule has 82 valence electrons. The first-order valence-corrected chi connectivity index (χ1v) is 5.38. The van der Waals surface area contributed by atoms with Gasteiger partial charge in [0, 0.05) is 19.0 Å². The Bertz CT molecular complexity index is 202. The quantitative estimate of drug-likeness (QED) is 0.724. The molecule has 0 radical (unpaired) electrons. The zero-order chi connectivity index (χ0) is 10.8. The summed E-state index contributed by atoms with van der Waals surface area (Å²) in [6.45, 7) is 8.27. The summed E-state index contributed by atoms with van der Waals surface area (Å²) in [6.07, 6.45) is 1.84. The number of nitrogens with zero attached hydrogens (tertiary/aromatic N) is 1. The second-order valence-corrected chi connectivity index (χ2v) is 5.19. The van der Waals surface area contributed by atoms with Gasteiger partial charge in [0.15, 0.2) is 0 Å². The molecule has 0 spiro atoms. The third-order valence-electron chi connectivity index (χ3n) is 3.01. The summed E-state index contributed by atoms with van der Waals surface area (Å²) in [5, 5.41) is 3.28. The van der Waals surface area contributed by atoms with Crippen LogP contribution in [0.15, 0.2) is 0 Å². The second-order valence-electron chi connectivity index (χ2n) is 5.19. The third kappa shape index (κ3) is 2.98. The molecule has 0 aromatic rings. The van der Waals surface area contributed by atoms with Gasteiger partial charge in [-0.25, -0.2) is 0 Å². The molecule has 0 bridgehead atoms. The molecule has 0 aromatic carbocycles. The summed E-state index contributed by atoms with van der Waals surface area (Å²) in [5.41, 5.74) is -0.0525. The van der Waals surface area contributed by atoms with E-state index in [-0.39, 0.29) is 11.4 Å². The molecule has 3 nitrogen and oxygen atoms in total. The average molecular weight is 198 g/mol. The van der Waals surface area contributed by atoms with Gasteiger partial charge < -0.3 is 10.2 Å². The van der Waals surface area contributed by atoms with E-state index in [1.54, 1.807) is 0 Å². The summed E-state index contributed by atoms with van der Waals surface area (Å²) in [5.74, 6) is 0.818. The Labute approximate surface area is 86.9 Å². The molecule has 1 N–H and O–H groups in total. The number of carbonyl (C=O) groups is 1. The van der Waals surface area contributed by atoms with Crippen molar-refractivity contribution in [1.82, 2.24) is 10.2 Å². The van der Waals surface area contributed by atoms with Gasteiger partial charge >= 0.3 is 0 Å². The fraction of sp³-hybridized carbons (Fsp3) is 0.909. The first-order valence-electron chi connectivity index (χ1n) is 5.38. The van der Waals surface area contributed by atoms with Crippen LogP contribution in [0.25, 0.3) is 0 Å². The minimum Gasteiger partial charge on any atom is -0.341 e. The van der Waals surface area contributed by atoms with Crippen LogP contribution in [0.1, 0.15) is 33.6 Å². The van der Waals surface area contributed by atoms with Crippen LogP contribution in [0, 0.1) is 5.92 Å². The van der Waals surface area contributed by atoms with E-state index in [1.165, 1.54) is 0 Å². The molecule has 0 saturated carbocycles. The predicted molar refractivity (Wildman–Crippen MR) is 58.1 cm³/mol. The molecular weight excluding hydrogens is 176 g/mol. The first kappa shape index (κ1) is 11.5. The van der Waals surface area contributed by atoms with Gasteiger partial charge in [-0.2, -0.15) is 0 Å². The standard InChI is InChI=1S/C11H22N2O/c1-11(2,3)13(4)10(14)7-9-5-6-12-8-9/h9,12H,5-8H2,1-4H3. The Morgan fingerprint density at radius 2 is 2.14 bits per heavy atom. The number of nitrogens with one attached hydrogen (secondary N) is 1. The summed E-state index contributed by atoms with van der Waals surface area (Å²) >= 11 is 0. The third-order valence-corrected chi connectivity index (χ3v) is 3.01. The van der Waals surface area contributed by atoms with Crippen molar-refractivity contribution in [3.63, 3.8) is 0 Å². The van der Waals surface area contributed by atoms with Crippen molar-refractivity contribution in [2.24, 2.45) is 5.92 Å². The van der Waals surface area contributed by atoms with E-state index in [9.17, 15) is 4.79 Å². The molecule has 1 saturated heterocycles. The summed E-state index contributed by atoms with van der Waals surface area (Å²) in [7, 11) is 1.89. The Morgan fingerprint density at radius 3 is 2.57 bits per heavy atom. The normalized spacial score (nSPS) is 22.4. The smallest absolute Gasteiger partial charge is 0.223 e. The van der Waals surface area contributed by atoms with Crippen LogP contribution in [0.5, 0.6) is 0 Å². The van der Waals surface area contributed by atoms with Gasteiger partial charge in [-0.05, 0) is 46.2 Å². The molecule has 3 heteroatoms. The zero-order valence-electron chi connectivity index (χ0n) is 9.76. The van der Waals surface area contributed by atoms with Gasteiger partial charge in [0.05, 0.1) is 0 Å².